The van der Waals surface area contributed by atoms with Gasteiger partial charge in [-0.1, -0.05) is 11.6 Å². The molecule has 0 aliphatic heterocycles. The monoisotopic (exact) mass is 330 g/mol. The number of hydrogen-bond donors (Lipinski definition) is 1. The van der Waals surface area contributed by atoms with Gasteiger partial charge in [0.05, 0.1) is 30.2 Å². The highest BCUT2D eigenvalue weighted by Gasteiger charge is 2.16. The van der Waals surface area contributed by atoms with Gasteiger partial charge in [0.2, 0.25) is 0 Å². The number of hydrogen-bond acceptors (Lipinski definition) is 5. The normalized spacial score (nSPS) is 10.6. The Labute approximate surface area is 136 Å². The van der Waals surface area contributed by atoms with E-state index < -0.39 is 5.82 Å². The van der Waals surface area contributed by atoms with Gasteiger partial charge in [-0.15, -0.1) is 0 Å². The molecule has 0 saturated carbocycles. The topological polar surface area (TPSA) is 73.9 Å². The van der Waals surface area contributed by atoms with E-state index in [9.17, 15) is 4.39 Å². The maximum Gasteiger partial charge on any atom is 0.149 e. The van der Waals surface area contributed by atoms with Crippen LogP contribution in [0.25, 0.3) is 22.4 Å². The summed E-state index contributed by atoms with van der Waals surface area (Å²) in [5, 5.41) is 0.246. The number of anilines is 1. The summed E-state index contributed by atoms with van der Waals surface area (Å²) in [6.45, 7) is 0. The van der Waals surface area contributed by atoms with Gasteiger partial charge in [-0.25, -0.2) is 9.37 Å². The summed E-state index contributed by atoms with van der Waals surface area (Å²) >= 11 is 6.07. The number of nitrogens with zero attached hydrogens (tertiary/aromatic N) is 3. The molecule has 5 nitrogen and oxygen atoms in total. The smallest absolute Gasteiger partial charge is 0.149 e. The molecule has 0 radical (unpaired) electrons. The van der Waals surface area contributed by atoms with Gasteiger partial charge in [-0.05, 0) is 18.2 Å². The van der Waals surface area contributed by atoms with E-state index in [0.717, 1.165) is 6.20 Å². The lowest BCUT2D eigenvalue weighted by atomic mass is 10.0. The number of methoxy groups -OCH3 is 1. The molecule has 0 spiro atoms. The molecule has 0 fully saturated rings. The van der Waals surface area contributed by atoms with Crippen LogP contribution < -0.4 is 10.5 Å². The third kappa shape index (κ3) is 2.93. The molecule has 0 aromatic carbocycles. The van der Waals surface area contributed by atoms with Crippen molar-refractivity contribution in [1.82, 2.24) is 15.0 Å². The Morgan fingerprint density at radius 3 is 2.70 bits per heavy atom. The van der Waals surface area contributed by atoms with E-state index in [0.29, 0.717) is 28.1 Å². The Hall–Kier alpha value is -2.73. The Kier molecular flexibility index (Phi) is 4.08. The highest BCUT2D eigenvalue weighted by molar-refractivity contribution is 6.33. The Balaban J connectivity index is 2.27. The quantitative estimate of drug-likeness (QED) is 0.794. The first-order valence-electron chi connectivity index (χ1n) is 6.65. The minimum atomic E-state index is -0.479. The maximum atomic E-state index is 14.1. The molecule has 0 amide bonds. The van der Waals surface area contributed by atoms with Crippen LogP contribution in [0.15, 0.2) is 43.0 Å². The van der Waals surface area contributed by atoms with Crippen molar-refractivity contribution in [2.45, 2.75) is 0 Å². The third-order valence-electron chi connectivity index (χ3n) is 3.29. The average Bonchev–Trinajstić information content (AvgIpc) is 2.57. The summed E-state index contributed by atoms with van der Waals surface area (Å²) < 4.78 is 19.3. The fourth-order valence-corrected chi connectivity index (χ4v) is 2.33. The third-order valence-corrected chi connectivity index (χ3v) is 3.59. The van der Waals surface area contributed by atoms with E-state index in [1.807, 2.05) is 0 Å². The summed E-state index contributed by atoms with van der Waals surface area (Å²) in [4.78, 5) is 12.2. The van der Waals surface area contributed by atoms with E-state index in [1.54, 1.807) is 30.6 Å². The summed E-state index contributed by atoms with van der Waals surface area (Å²) in [5.41, 5.74) is 7.74. The van der Waals surface area contributed by atoms with Crippen LogP contribution in [0.5, 0.6) is 5.75 Å². The van der Waals surface area contributed by atoms with Crippen LogP contribution in [0, 0.1) is 5.82 Å². The fourth-order valence-electron chi connectivity index (χ4n) is 2.18. The van der Waals surface area contributed by atoms with Crippen molar-refractivity contribution in [3.8, 4) is 28.1 Å². The molecule has 3 rings (SSSR count). The van der Waals surface area contributed by atoms with Crippen molar-refractivity contribution in [3.05, 3.63) is 53.8 Å². The molecule has 23 heavy (non-hydrogen) atoms. The highest BCUT2D eigenvalue weighted by Crippen LogP contribution is 2.36. The van der Waals surface area contributed by atoms with Crippen LogP contribution in [-0.4, -0.2) is 22.1 Å². The van der Waals surface area contributed by atoms with E-state index >= 15 is 0 Å². The van der Waals surface area contributed by atoms with E-state index in [2.05, 4.69) is 15.0 Å². The summed E-state index contributed by atoms with van der Waals surface area (Å²) in [5.74, 6) is 0.230. The van der Waals surface area contributed by atoms with E-state index in [-0.39, 0.29) is 10.8 Å². The first-order chi connectivity index (χ1) is 11.1. The molecule has 3 aromatic heterocycles. The zero-order valence-corrected chi connectivity index (χ0v) is 12.9. The zero-order valence-electron chi connectivity index (χ0n) is 12.1. The van der Waals surface area contributed by atoms with Crippen LogP contribution in [0.1, 0.15) is 0 Å². The van der Waals surface area contributed by atoms with Crippen molar-refractivity contribution in [2.75, 3.05) is 12.8 Å². The van der Waals surface area contributed by atoms with Gasteiger partial charge < -0.3 is 10.5 Å². The SMILES string of the molecule is COc1cncc(-c2nc(N)c(Cl)cc2-c2ccncc2F)c1. The maximum absolute atomic E-state index is 14.1. The summed E-state index contributed by atoms with van der Waals surface area (Å²) in [6, 6.07) is 4.87. The number of aromatic nitrogens is 3. The Morgan fingerprint density at radius 1 is 1.13 bits per heavy atom. The van der Waals surface area contributed by atoms with Crippen molar-refractivity contribution < 1.29 is 9.13 Å². The largest absolute Gasteiger partial charge is 0.495 e. The second-order valence-electron chi connectivity index (χ2n) is 4.72. The molecular weight excluding hydrogens is 319 g/mol. The predicted octanol–water partition coefficient (Wildman–Crippen LogP) is 3.59. The first kappa shape index (κ1) is 15.2. The van der Waals surface area contributed by atoms with Crippen molar-refractivity contribution >= 4 is 17.4 Å². The molecule has 3 heterocycles. The van der Waals surface area contributed by atoms with Gasteiger partial charge in [0.1, 0.15) is 17.4 Å². The van der Waals surface area contributed by atoms with Gasteiger partial charge in [-0.3, -0.25) is 9.97 Å². The molecule has 0 aliphatic rings. The molecule has 0 bridgehead atoms. The number of nitrogen functional groups attached to an aromatic ring is 1. The lowest BCUT2D eigenvalue weighted by Gasteiger charge is -2.12. The zero-order chi connectivity index (χ0) is 16.4. The van der Waals surface area contributed by atoms with Crippen LogP contribution in [0.3, 0.4) is 0 Å². The van der Waals surface area contributed by atoms with Crippen LogP contribution in [0.4, 0.5) is 10.2 Å². The number of rotatable bonds is 3. The molecule has 0 atom stereocenters. The molecule has 2 N–H and O–H groups in total. The first-order valence-corrected chi connectivity index (χ1v) is 7.03. The van der Waals surface area contributed by atoms with Gasteiger partial charge in [0.15, 0.2) is 0 Å². The minimum Gasteiger partial charge on any atom is -0.495 e. The van der Waals surface area contributed by atoms with Crippen molar-refractivity contribution in [1.29, 1.82) is 0 Å². The number of nitrogens with two attached hydrogens (primary N) is 1. The molecule has 0 aliphatic carbocycles. The lowest BCUT2D eigenvalue weighted by Crippen LogP contribution is -1.99. The lowest BCUT2D eigenvalue weighted by molar-refractivity contribution is 0.413. The van der Waals surface area contributed by atoms with Crippen LogP contribution in [0.2, 0.25) is 5.02 Å². The molecule has 0 saturated heterocycles. The second kappa shape index (κ2) is 6.18. The summed E-state index contributed by atoms with van der Waals surface area (Å²) in [7, 11) is 1.54. The van der Waals surface area contributed by atoms with Crippen LogP contribution in [-0.2, 0) is 0 Å². The van der Waals surface area contributed by atoms with Crippen molar-refractivity contribution in [2.24, 2.45) is 0 Å². The average molecular weight is 331 g/mol. The molecule has 0 unspecified atom stereocenters. The number of pyridine rings is 3. The minimum absolute atomic E-state index is 0.155. The molecule has 116 valence electrons. The van der Waals surface area contributed by atoms with Gasteiger partial charge >= 0.3 is 0 Å². The van der Waals surface area contributed by atoms with Gasteiger partial charge in [0.25, 0.3) is 0 Å². The standard InChI is InChI=1S/C16H12ClFN4O/c1-23-10-4-9(6-21-7-10)15-12(5-13(17)16(19)22-15)11-2-3-20-8-14(11)18/h2-8H,1H3,(H2,19,22). The second-order valence-corrected chi connectivity index (χ2v) is 5.13. The molecular formula is C16H12ClFN4O. The van der Waals surface area contributed by atoms with Gasteiger partial charge in [-0.2, -0.15) is 0 Å². The number of ether oxygens (including phenoxy) is 1. The molecule has 7 heteroatoms. The summed E-state index contributed by atoms with van der Waals surface area (Å²) in [6.07, 6.45) is 5.79. The van der Waals surface area contributed by atoms with Crippen molar-refractivity contribution in [3.63, 3.8) is 0 Å². The fraction of sp³-hybridized carbons (Fsp3) is 0.0625. The highest BCUT2D eigenvalue weighted by atomic mass is 35.5. The van der Waals surface area contributed by atoms with E-state index in [4.69, 9.17) is 22.1 Å². The van der Waals surface area contributed by atoms with Crippen LogP contribution >= 0.6 is 11.6 Å². The Bertz CT molecular complexity index is 872. The predicted molar refractivity (Wildman–Crippen MR) is 86.6 cm³/mol. The van der Waals surface area contributed by atoms with Gasteiger partial charge in [0, 0.05) is 29.1 Å². The molecule has 3 aromatic rings. The van der Waals surface area contributed by atoms with E-state index in [1.165, 1.54) is 13.3 Å². The Morgan fingerprint density at radius 2 is 1.96 bits per heavy atom. The number of halogens is 2.